The molecule has 2 N–H and O–H groups in total. The molecule has 0 amide bonds. The van der Waals surface area contributed by atoms with Gasteiger partial charge in [0.15, 0.2) is 16.7 Å². The lowest BCUT2D eigenvalue weighted by molar-refractivity contribution is 0.186. The van der Waals surface area contributed by atoms with E-state index < -0.39 is 10.0 Å². The largest absolute Gasteiger partial charge is 0.490 e. The number of rotatable bonds is 9. The number of methoxy groups -OCH3 is 1. The summed E-state index contributed by atoms with van der Waals surface area (Å²) in [5, 5.41) is 1.42. The highest BCUT2D eigenvalue weighted by atomic mass is 35.5. The first-order valence-electron chi connectivity index (χ1n) is 11.3. The van der Waals surface area contributed by atoms with Crippen LogP contribution in [0.3, 0.4) is 0 Å². The maximum atomic E-state index is 11.9. The van der Waals surface area contributed by atoms with Gasteiger partial charge in [0.1, 0.15) is 6.33 Å². The van der Waals surface area contributed by atoms with E-state index in [1.165, 1.54) is 18.9 Å². The highest BCUT2D eigenvalue weighted by Gasteiger charge is 2.27. The van der Waals surface area contributed by atoms with Crippen LogP contribution in [0.4, 0.5) is 5.82 Å². The highest BCUT2D eigenvalue weighted by Crippen LogP contribution is 2.32. The van der Waals surface area contributed by atoms with Crippen molar-refractivity contribution < 1.29 is 13.2 Å². The third-order valence-corrected chi connectivity index (χ3v) is 8.01. The molecule has 1 atom stereocenters. The lowest BCUT2D eigenvalue weighted by Gasteiger charge is -2.40. The van der Waals surface area contributed by atoms with E-state index in [0.29, 0.717) is 16.9 Å². The van der Waals surface area contributed by atoms with E-state index in [1.54, 1.807) is 7.11 Å². The number of hydrogen-bond donors (Lipinski definition) is 2. The van der Waals surface area contributed by atoms with Crippen molar-refractivity contribution in [2.75, 3.05) is 45.2 Å². The first kappa shape index (κ1) is 24.7. The van der Waals surface area contributed by atoms with Crippen molar-refractivity contribution >= 4 is 38.3 Å². The van der Waals surface area contributed by atoms with Crippen LogP contribution in [-0.2, 0) is 22.2 Å². The van der Waals surface area contributed by atoms with Gasteiger partial charge in [0, 0.05) is 42.8 Å². The minimum absolute atomic E-state index is 0.0197. The van der Waals surface area contributed by atoms with Crippen LogP contribution in [0.5, 0.6) is 5.75 Å². The number of aromatic nitrogens is 3. The zero-order chi connectivity index (χ0) is 24.3. The Morgan fingerprint density at radius 2 is 2.12 bits per heavy atom. The smallest absolute Gasteiger partial charge is 0.215 e. The third-order valence-electron chi connectivity index (χ3n) is 6.40. The summed E-state index contributed by atoms with van der Waals surface area (Å²) >= 11 is 6.17. The van der Waals surface area contributed by atoms with Crippen LogP contribution in [0.15, 0.2) is 30.7 Å². The molecule has 0 aliphatic carbocycles. The standard InChI is InChI=1S/C23H31ClN6O3S/c1-16-13-30(23-21(33-3)22(24)27-15-28-23)10-9-29(16)8-4-5-18-12-26-20-7-6-17(11-19(18)20)14-34(31,32)25-2/h6-7,11-12,15-16,25-26H,4-5,8-10,13-14H2,1-3H3. The SMILES string of the molecule is CNS(=O)(=O)Cc1ccc2[nH]cc(CCCN3CCN(c4ncnc(Cl)c4OC)CC3C)c2c1. The van der Waals surface area contributed by atoms with Gasteiger partial charge in [-0.1, -0.05) is 17.7 Å². The minimum Gasteiger partial charge on any atom is -0.490 e. The lowest BCUT2D eigenvalue weighted by atomic mass is 10.1. The Labute approximate surface area is 205 Å². The maximum absolute atomic E-state index is 11.9. The molecule has 0 radical (unpaired) electrons. The second-order valence-corrected chi connectivity index (χ2v) is 10.9. The van der Waals surface area contributed by atoms with Gasteiger partial charge in [0.25, 0.3) is 0 Å². The molecule has 4 rings (SSSR count). The molecule has 1 aromatic carbocycles. The fourth-order valence-corrected chi connectivity index (χ4v) is 5.52. The number of halogens is 1. The van der Waals surface area contributed by atoms with Gasteiger partial charge < -0.3 is 14.6 Å². The van der Waals surface area contributed by atoms with Crippen LogP contribution in [-0.4, -0.2) is 74.6 Å². The van der Waals surface area contributed by atoms with Crippen molar-refractivity contribution in [2.24, 2.45) is 0 Å². The fraction of sp³-hybridized carbons (Fsp3) is 0.478. The number of aromatic amines is 1. The number of fused-ring (bicyclic) bond motifs is 1. The van der Waals surface area contributed by atoms with Crippen LogP contribution in [0, 0.1) is 0 Å². The number of ether oxygens (including phenoxy) is 1. The Hall–Kier alpha value is -2.40. The number of H-pyrrole nitrogens is 1. The maximum Gasteiger partial charge on any atom is 0.215 e. The van der Waals surface area contributed by atoms with Crippen molar-refractivity contribution in [1.82, 2.24) is 24.6 Å². The number of sulfonamides is 1. The van der Waals surface area contributed by atoms with Gasteiger partial charge in [0.05, 0.1) is 12.9 Å². The molecule has 11 heteroatoms. The van der Waals surface area contributed by atoms with Crippen molar-refractivity contribution in [3.63, 3.8) is 0 Å². The van der Waals surface area contributed by atoms with Crippen LogP contribution < -0.4 is 14.4 Å². The Morgan fingerprint density at radius 3 is 2.85 bits per heavy atom. The van der Waals surface area contributed by atoms with E-state index in [-0.39, 0.29) is 5.75 Å². The third kappa shape index (κ3) is 5.46. The molecule has 0 bridgehead atoms. The molecule has 3 heterocycles. The van der Waals surface area contributed by atoms with Gasteiger partial charge in [-0.25, -0.2) is 23.1 Å². The van der Waals surface area contributed by atoms with Gasteiger partial charge in [-0.05, 0) is 56.6 Å². The van der Waals surface area contributed by atoms with E-state index >= 15 is 0 Å². The average Bonchev–Trinajstić information content (AvgIpc) is 3.22. The molecule has 0 spiro atoms. The summed E-state index contributed by atoms with van der Waals surface area (Å²) in [5.41, 5.74) is 3.03. The second kappa shape index (κ2) is 10.5. The summed E-state index contributed by atoms with van der Waals surface area (Å²) in [7, 11) is -0.276. The minimum atomic E-state index is -3.30. The number of piperazine rings is 1. The number of hydrogen-bond acceptors (Lipinski definition) is 7. The van der Waals surface area contributed by atoms with Gasteiger partial charge in [0.2, 0.25) is 10.0 Å². The average molecular weight is 507 g/mol. The van der Waals surface area contributed by atoms with Crippen molar-refractivity contribution in [3.8, 4) is 5.75 Å². The molecular weight excluding hydrogens is 476 g/mol. The second-order valence-electron chi connectivity index (χ2n) is 8.61. The molecule has 34 heavy (non-hydrogen) atoms. The summed E-state index contributed by atoms with van der Waals surface area (Å²) in [6.07, 6.45) is 5.44. The number of benzene rings is 1. The van der Waals surface area contributed by atoms with Crippen LogP contribution in [0.25, 0.3) is 10.9 Å². The van der Waals surface area contributed by atoms with Gasteiger partial charge in [-0.2, -0.15) is 0 Å². The molecule has 1 fully saturated rings. The Morgan fingerprint density at radius 1 is 1.29 bits per heavy atom. The molecule has 9 nitrogen and oxygen atoms in total. The number of nitrogens with one attached hydrogen (secondary N) is 2. The molecular formula is C23H31ClN6O3S. The first-order valence-corrected chi connectivity index (χ1v) is 13.4. The molecule has 1 saturated heterocycles. The molecule has 184 valence electrons. The first-order chi connectivity index (χ1) is 16.3. The normalized spacial score (nSPS) is 17.4. The molecule has 3 aromatic rings. The highest BCUT2D eigenvalue weighted by molar-refractivity contribution is 7.88. The van der Waals surface area contributed by atoms with Crippen molar-refractivity contribution in [2.45, 2.75) is 31.6 Å². The van der Waals surface area contributed by atoms with Crippen LogP contribution in [0.2, 0.25) is 5.15 Å². The van der Waals surface area contributed by atoms with E-state index in [2.05, 4.69) is 36.4 Å². The number of aryl methyl sites for hydroxylation is 1. The van der Waals surface area contributed by atoms with E-state index in [1.807, 2.05) is 24.4 Å². The number of nitrogens with zero attached hydrogens (tertiary/aromatic N) is 4. The van der Waals surface area contributed by atoms with E-state index in [0.717, 1.165) is 61.3 Å². The zero-order valence-corrected chi connectivity index (χ0v) is 21.3. The predicted molar refractivity (Wildman–Crippen MR) is 135 cm³/mol. The van der Waals surface area contributed by atoms with Crippen molar-refractivity contribution in [3.05, 3.63) is 47.0 Å². The summed E-state index contributed by atoms with van der Waals surface area (Å²) in [6, 6.07) is 6.15. The number of anilines is 1. The quantitative estimate of drug-likeness (QED) is 0.430. The Kier molecular flexibility index (Phi) is 7.61. The van der Waals surface area contributed by atoms with E-state index in [9.17, 15) is 8.42 Å². The Bertz CT molecular complexity index is 1250. The summed E-state index contributed by atoms with van der Waals surface area (Å²) in [4.78, 5) is 16.4. The molecule has 1 unspecified atom stereocenters. The van der Waals surface area contributed by atoms with Crippen LogP contribution >= 0.6 is 11.6 Å². The molecule has 2 aromatic heterocycles. The fourth-order valence-electron chi connectivity index (χ4n) is 4.55. The van der Waals surface area contributed by atoms with Gasteiger partial charge >= 0.3 is 0 Å². The lowest BCUT2D eigenvalue weighted by Crippen LogP contribution is -2.52. The van der Waals surface area contributed by atoms with Gasteiger partial charge in [-0.3, -0.25) is 4.90 Å². The van der Waals surface area contributed by atoms with Crippen molar-refractivity contribution in [1.29, 1.82) is 0 Å². The summed E-state index contributed by atoms with van der Waals surface area (Å²) < 4.78 is 31.6. The summed E-state index contributed by atoms with van der Waals surface area (Å²) in [6.45, 7) is 5.80. The summed E-state index contributed by atoms with van der Waals surface area (Å²) in [5.74, 6) is 1.24. The molecule has 0 saturated carbocycles. The predicted octanol–water partition coefficient (Wildman–Crippen LogP) is 2.81. The van der Waals surface area contributed by atoms with Gasteiger partial charge in [-0.15, -0.1) is 0 Å². The molecule has 1 aliphatic rings. The zero-order valence-electron chi connectivity index (χ0n) is 19.7. The monoisotopic (exact) mass is 506 g/mol. The Balaban J connectivity index is 1.36. The molecule has 1 aliphatic heterocycles. The van der Waals surface area contributed by atoms with Crippen LogP contribution in [0.1, 0.15) is 24.5 Å². The topological polar surface area (TPSA) is 103 Å². The van der Waals surface area contributed by atoms with E-state index in [4.69, 9.17) is 16.3 Å².